The molecule has 0 unspecified atom stereocenters. The number of para-hydroxylation sites is 1. The number of benzene rings is 1. The molecule has 158 valence electrons. The zero-order valence-electron chi connectivity index (χ0n) is 18.2. The zero-order chi connectivity index (χ0) is 20.9. The van der Waals surface area contributed by atoms with Crippen LogP contribution >= 0.6 is 0 Å². The van der Waals surface area contributed by atoms with E-state index in [0.29, 0.717) is 6.04 Å². The molecule has 0 radical (unpaired) electrons. The van der Waals surface area contributed by atoms with Crippen LogP contribution in [0, 0.1) is 12.8 Å². The highest BCUT2D eigenvalue weighted by atomic mass is 15.2. The van der Waals surface area contributed by atoms with Gasteiger partial charge in [-0.3, -0.25) is 4.98 Å². The lowest BCUT2D eigenvalue weighted by molar-refractivity contribution is 0.323. The molecule has 1 aliphatic carbocycles. The van der Waals surface area contributed by atoms with Gasteiger partial charge < -0.3 is 15.5 Å². The summed E-state index contributed by atoms with van der Waals surface area (Å²) < 4.78 is 0. The first-order valence-corrected chi connectivity index (χ1v) is 10.9. The van der Waals surface area contributed by atoms with Crippen LogP contribution < -0.4 is 15.5 Å². The van der Waals surface area contributed by atoms with Crippen molar-refractivity contribution in [1.29, 1.82) is 0 Å². The quantitative estimate of drug-likeness (QED) is 0.616. The maximum atomic E-state index is 4.79. The Hall–Kier alpha value is -2.73. The highest BCUT2D eigenvalue weighted by Crippen LogP contribution is 2.28. The van der Waals surface area contributed by atoms with Crippen molar-refractivity contribution in [2.45, 2.75) is 45.2 Å². The van der Waals surface area contributed by atoms with Gasteiger partial charge in [-0.05, 0) is 69.3 Å². The smallest absolute Gasteiger partial charge is 0.225 e. The van der Waals surface area contributed by atoms with Gasteiger partial charge in [0.25, 0.3) is 0 Å². The van der Waals surface area contributed by atoms with E-state index in [2.05, 4.69) is 44.8 Å². The van der Waals surface area contributed by atoms with Gasteiger partial charge in [-0.1, -0.05) is 18.2 Å². The van der Waals surface area contributed by atoms with Gasteiger partial charge in [0, 0.05) is 37.8 Å². The third-order valence-electron chi connectivity index (χ3n) is 5.87. The van der Waals surface area contributed by atoms with Crippen molar-refractivity contribution in [3.63, 3.8) is 0 Å². The summed E-state index contributed by atoms with van der Waals surface area (Å²) in [6.07, 6.45) is 4.76. The Balaban J connectivity index is 1.29. The molecule has 3 aromatic rings. The Morgan fingerprint density at radius 2 is 1.73 bits per heavy atom. The van der Waals surface area contributed by atoms with Crippen molar-refractivity contribution in [3.8, 4) is 0 Å². The number of anilines is 2. The van der Waals surface area contributed by atoms with Crippen LogP contribution in [-0.4, -0.2) is 41.6 Å². The first kappa shape index (κ1) is 20.5. The van der Waals surface area contributed by atoms with Crippen LogP contribution in [-0.2, 0) is 6.54 Å². The van der Waals surface area contributed by atoms with E-state index in [-0.39, 0.29) is 0 Å². The first-order valence-electron chi connectivity index (χ1n) is 10.9. The maximum absolute atomic E-state index is 4.79. The minimum absolute atomic E-state index is 0.441. The molecule has 6 nitrogen and oxygen atoms in total. The van der Waals surface area contributed by atoms with Crippen LogP contribution in [0.5, 0.6) is 0 Å². The van der Waals surface area contributed by atoms with Crippen LogP contribution in [0.2, 0.25) is 0 Å². The minimum Gasteiger partial charge on any atom is -0.362 e. The number of hydrogen-bond donors (Lipinski definition) is 2. The number of pyridine rings is 1. The van der Waals surface area contributed by atoms with Crippen LogP contribution in [0.4, 0.5) is 11.8 Å². The van der Waals surface area contributed by atoms with Crippen molar-refractivity contribution in [3.05, 3.63) is 53.9 Å². The number of hydrogen-bond acceptors (Lipinski definition) is 6. The number of aryl methyl sites for hydroxylation is 1. The molecule has 0 aliphatic heterocycles. The van der Waals surface area contributed by atoms with E-state index in [1.165, 1.54) is 12.8 Å². The Morgan fingerprint density at radius 1 is 0.933 bits per heavy atom. The summed E-state index contributed by atoms with van der Waals surface area (Å²) >= 11 is 0. The zero-order valence-corrected chi connectivity index (χ0v) is 18.2. The van der Waals surface area contributed by atoms with Crippen molar-refractivity contribution >= 4 is 22.7 Å². The highest BCUT2D eigenvalue weighted by molar-refractivity contribution is 5.90. The summed E-state index contributed by atoms with van der Waals surface area (Å²) in [7, 11) is 4.06. The molecule has 2 N–H and O–H groups in total. The van der Waals surface area contributed by atoms with Crippen LogP contribution in [0.15, 0.2) is 42.5 Å². The maximum Gasteiger partial charge on any atom is 0.225 e. The normalized spacial score (nSPS) is 19.0. The summed E-state index contributed by atoms with van der Waals surface area (Å²) in [4.78, 5) is 16.2. The average molecular weight is 405 g/mol. The predicted molar refractivity (Wildman–Crippen MR) is 124 cm³/mol. The summed E-state index contributed by atoms with van der Waals surface area (Å²) in [5, 5.41) is 8.28. The molecule has 0 saturated heterocycles. The molecule has 0 atom stereocenters. The van der Waals surface area contributed by atoms with E-state index in [0.717, 1.165) is 65.9 Å². The third-order valence-corrected chi connectivity index (χ3v) is 5.87. The molecule has 0 spiro atoms. The van der Waals surface area contributed by atoms with Gasteiger partial charge in [0.15, 0.2) is 0 Å². The molecule has 2 aromatic heterocycles. The molecular weight excluding hydrogens is 372 g/mol. The first-order chi connectivity index (χ1) is 14.6. The lowest BCUT2D eigenvalue weighted by Gasteiger charge is -2.29. The topological polar surface area (TPSA) is 66.0 Å². The van der Waals surface area contributed by atoms with Gasteiger partial charge in [0.05, 0.1) is 11.2 Å². The number of rotatable bonds is 7. The van der Waals surface area contributed by atoms with E-state index >= 15 is 0 Å². The number of fused-ring (bicyclic) bond motifs is 1. The van der Waals surface area contributed by atoms with E-state index < -0.39 is 0 Å². The Labute approximate surface area is 179 Å². The van der Waals surface area contributed by atoms with E-state index in [9.17, 15) is 0 Å². The summed E-state index contributed by atoms with van der Waals surface area (Å²) in [6, 6.07) is 14.9. The van der Waals surface area contributed by atoms with Crippen molar-refractivity contribution in [1.82, 2.24) is 20.3 Å². The second kappa shape index (κ2) is 9.39. The van der Waals surface area contributed by atoms with Gasteiger partial charge in [-0.2, -0.15) is 4.98 Å². The van der Waals surface area contributed by atoms with Crippen LogP contribution in [0.25, 0.3) is 10.9 Å². The second-order valence-corrected chi connectivity index (χ2v) is 8.55. The molecule has 4 rings (SSSR count). The van der Waals surface area contributed by atoms with E-state index in [1.54, 1.807) is 0 Å². The highest BCUT2D eigenvalue weighted by Gasteiger charge is 2.22. The monoisotopic (exact) mass is 404 g/mol. The lowest BCUT2D eigenvalue weighted by atomic mass is 9.86. The summed E-state index contributed by atoms with van der Waals surface area (Å²) in [6.45, 7) is 3.94. The van der Waals surface area contributed by atoms with Gasteiger partial charge in [0.1, 0.15) is 5.82 Å². The molecule has 1 saturated carbocycles. The molecule has 0 bridgehead atoms. The molecule has 1 aromatic carbocycles. The van der Waals surface area contributed by atoms with Crippen molar-refractivity contribution in [2.24, 2.45) is 5.92 Å². The van der Waals surface area contributed by atoms with Gasteiger partial charge in [-0.15, -0.1) is 0 Å². The Bertz CT molecular complexity index is 978. The molecule has 2 heterocycles. The fraction of sp³-hybridized carbons (Fsp3) is 0.458. The van der Waals surface area contributed by atoms with Gasteiger partial charge in [0.2, 0.25) is 5.95 Å². The fourth-order valence-electron chi connectivity index (χ4n) is 4.26. The third kappa shape index (κ3) is 5.05. The van der Waals surface area contributed by atoms with Crippen LogP contribution in [0.1, 0.15) is 37.1 Å². The molecular formula is C24H32N6. The molecule has 30 heavy (non-hydrogen) atoms. The fourth-order valence-corrected chi connectivity index (χ4v) is 4.26. The SMILES string of the molecule is Cc1cccc(CNCC2CCC(Nc3nc(N(C)C)c4ccccc4n3)CC2)n1. The number of nitrogens with one attached hydrogen (secondary N) is 2. The van der Waals surface area contributed by atoms with Crippen LogP contribution in [0.3, 0.4) is 0 Å². The summed E-state index contributed by atoms with van der Waals surface area (Å²) in [5.41, 5.74) is 3.19. The molecule has 1 fully saturated rings. The van der Waals surface area contributed by atoms with E-state index in [1.807, 2.05) is 39.2 Å². The van der Waals surface area contributed by atoms with Gasteiger partial charge in [-0.25, -0.2) is 4.98 Å². The standard InChI is InChI=1S/C24H32N6/c1-17-7-6-8-20(26-17)16-25-15-18-11-13-19(14-12-18)27-24-28-22-10-5-4-9-21(22)23(29-24)30(2)3/h4-10,18-19,25H,11-16H2,1-3H3,(H,27,28,29). The largest absolute Gasteiger partial charge is 0.362 e. The Morgan fingerprint density at radius 3 is 2.50 bits per heavy atom. The van der Waals surface area contributed by atoms with Gasteiger partial charge >= 0.3 is 0 Å². The van der Waals surface area contributed by atoms with Crippen molar-refractivity contribution < 1.29 is 0 Å². The second-order valence-electron chi connectivity index (χ2n) is 8.55. The molecule has 0 amide bonds. The summed E-state index contributed by atoms with van der Waals surface area (Å²) in [5.74, 6) is 2.43. The Kier molecular flexibility index (Phi) is 6.43. The average Bonchev–Trinajstić information content (AvgIpc) is 2.74. The van der Waals surface area contributed by atoms with E-state index in [4.69, 9.17) is 9.97 Å². The molecule has 6 heteroatoms. The minimum atomic E-state index is 0.441. The number of aromatic nitrogens is 3. The molecule has 1 aliphatic rings. The predicted octanol–water partition coefficient (Wildman–Crippen LogP) is 4.16. The van der Waals surface area contributed by atoms with Crippen molar-refractivity contribution in [2.75, 3.05) is 30.9 Å². The number of nitrogens with zero attached hydrogens (tertiary/aromatic N) is 4. The lowest BCUT2D eigenvalue weighted by Crippen LogP contribution is -2.31.